The Morgan fingerprint density at radius 3 is 2.17 bits per heavy atom. The lowest BCUT2D eigenvalue weighted by Crippen LogP contribution is -2.27. The van der Waals surface area contributed by atoms with Crippen molar-refractivity contribution in [2.75, 3.05) is 6.54 Å². The van der Waals surface area contributed by atoms with Gasteiger partial charge in [0, 0.05) is 11.6 Å². The number of thioether (sulfide) groups is 1. The minimum atomic E-state index is -0.272. The zero-order valence-corrected chi connectivity index (χ0v) is 14.3. The number of halogens is 1. The Balaban J connectivity index is 1.81. The van der Waals surface area contributed by atoms with Crippen LogP contribution in [0.2, 0.25) is 5.02 Å². The monoisotopic (exact) mass is 355 g/mol. The van der Waals surface area contributed by atoms with Gasteiger partial charge in [-0.15, -0.1) is 6.58 Å². The Morgan fingerprint density at radius 2 is 1.58 bits per heavy atom. The molecule has 0 spiro atoms. The number of hydrogen-bond acceptors (Lipinski definition) is 3. The van der Waals surface area contributed by atoms with Crippen LogP contribution in [-0.4, -0.2) is 22.6 Å². The minimum Gasteiger partial charge on any atom is -0.268 e. The molecule has 2 aromatic rings. The molecule has 3 nitrogen and oxygen atoms in total. The minimum absolute atomic E-state index is 0.234. The molecule has 0 unspecified atom stereocenters. The summed E-state index contributed by atoms with van der Waals surface area (Å²) < 4.78 is 0. The van der Waals surface area contributed by atoms with Gasteiger partial charge in [-0.25, -0.2) is 0 Å². The molecule has 2 amide bonds. The van der Waals surface area contributed by atoms with Gasteiger partial charge in [-0.1, -0.05) is 54.1 Å². The maximum atomic E-state index is 12.2. The van der Waals surface area contributed by atoms with E-state index < -0.39 is 0 Å². The molecule has 24 heavy (non-hydrogen) atoms. The second-order valence-corrected chi connectivity index (χ2v) is 6.64. The van der Waals surface area contributed by atoms with Gasteiger partial charge in [-0.05, 0) is 46.7 Å². The molecule has 2 aromatic carbocycles. The number of carbonyl (C=O) groups is 2. The molecule has 1 aliphatic rings. The van der Waals surface area contributed by atoms with Gasteiger partial charge in [0.05, 0.1) is 4.91 Å². The summed E-state index contributed by atoms with van der Waals surface area (Å²) in [6.07, 6.45) is 3.28. The standard InChI is InChI=1S/C19H14ClNO2S/c1-2-11-21-18(22)17(24-19(21)23)12-13-3-5-14(6-4-13)15-7-9-16(20)10-8-15/h2-10,12H,1,11H2/b17-12-. The molecule has 1 saturated heterocycles. The number of carbonyl (C=O) groups excluding carboxylic acids is 2. The van der Waals surface area contributed by atoms with Crippen molar-refractivity contribution < 1.29 is 9.59 Å². The molecule has 0 aromatic heterocycles. The summed E-state index contributed by atoms with van der Waals surface area (Å²) in [4.78, 5) is 25.6. The van der Waals surface area contributed by atoms with Crippen molar-refractivity contribution in [3.8, 4) is 11.1 Å². The van der Waals surface area contributed by atoms with Gasteiger partial charge in [-0.3, -0.25) is 14.5 Å². The van der Waals surface area contributed by atoms with E-state index in [0.717, 1.165) is 28.5 Å². The summed E-state index contributed by atoms with van der Waals surface area (Å²) in [5.41, 5.74) is 3.00. The van der Waals surface area contributed by atoms with Gasteiger partial charge in [-0.2, -0.15) is 0 Å². The fourth-order valence-electron chi connectivity index (χ4n) is 2.35. The van der Waals surface area contributed by atoms with Gasteiger partial charge in [0.15, 0.2) is 0 Å². The van der Waals surface area contributed by atoms with Crippen molar-refractivity contribution in [3.05, 3.63) is 76.7 Å². The van der Waals surface area contributed by atoms with Crippen LogP contribution < -0.4 is 0 Å². The fourth-order valence-corrected chi connectivity index (χ4v) is 3.33. The Bertz CT molecular complexity index is 825. The van der Waals surface area contributed by atoms with Crippen molar-refractivity contribution >= 4 is 40.6 Å². The van der Waals surface area contributed by atoms with Gasteiger partial charge in [0.2, 0.25) is 0 Å². The summed E-state index contributed by atoms with van der Waals surface area (Å²) in [5, 5.41) is 0.439. The van der Waals surface area contributed by atoms with Gasteiger partial charge >= 0.3 is 0 Å². The first-order chi connectivity index (χ1) is 11.6. The van der Waals surface area contributed by atoms with Crippen LogP contribution in [0, 0.1) is 0 Å². The maximum Gasteiger partial charge on any atom is 0.293 e. The first-order valence-electron chi connectivity index (χ1n) is 7.31. The number of rotatable bonds is 4. The van der Waals surface area contributed by atoms with Crippen molar-refractivity contribution in [2.24, 2.45) is 0 Å². The lowest BCUT2D eigenvalue weighted by molar-refractivity contribution is -0.122. The molecule has 1 fully saturated rings. The molecule has 0 radical (unpaired) electrons. The predicted octanol–water partition coefficient (Wildman–Crippen LogP) is 5.23. The Hall–Kier alpha value is -2.30. The van der Waals surface area contributed by atoms with Gasteiger partial charge in [0.25, 0.3) is 11.1 Å². The number of imide groups is 1. The number of hydrogen-bond donors (Lipinski definition) is 0. The number of nitrogens with zero attached hydrogens (tertiary/aromatic N) is 1. The van der Waals surface area contributed by atoms with Crippen LogP contribution in [0.1, 0.15) is 5.56 Å². The van der Waals surface area contributed by atoms with E-state index in [-0.39, 0.29) is 17.7 Å². The summed E-state index contributed by atoms with van der Waals surface area (Å²) in [5.74, 6) is -0.272. The van der Waals surface area contributed by atoms with Crippen molar-refractivity contribution in [3.63, 3.8) is 0 Å². The van der Waals surface area contributed by atoms with Crippen LogP contribution in [0.5, 0.6) is 0 Å². The first-order valence-corrected chi connectivity index (χ1v) is 8.50. The fraction of sp³-hybridized carbons (Fsp3) is 0.0526. The zero-order valence-electron chi connectivity index (χ0n) is 12.7. The highest BCUT2D eigenvalue weighted by Crippen LogP contribution is 2.32. The number of benzene rings is 2. The third-order valence-electron chi connectivity index (χ3n) is 3.57. The van der Waals surface area contributed by atoms with Gasteiger partial charge < -0.3 is 0 Å². The molecular formula is C19H14ClNO2S. The van der Waals surface area contributed by atoms with Crippen LogP contribution in [0.4, 0.5) is 4.79 Å². The van der Waals surface area contributed by atoms with E-state index in [2.05, 4.69) is 6.58 Å². The van der Waals surface area contributed by atoms with E-state index >= 15 is 0 Å². The topological polar surface area (TPSA) is 37.4 Å². The highest BCUT2D eigenvalue weighted by molar-refractivity contribution is 8.18. The third kappa shape index (κ3) is 3.45. The van der Waals surface area contributed by atoms with E-state index in [1.54, 1.807) is 12.2 Å². The number of amides is 2. The molecular weight excluding hydrogens is 342 g/mol. The highest BCUT2D eigenvalue weighted by Gasteiger charge is 2.33. The molecule has 0 aliphatic carbocycles. The first kappa shape index (κ1) is 16.6. The Kier molecular flexibility index (Phi) is 4.88. The van der Waals surface area contributed by atoms with Crippen LogP contribution >= 0.6 is 23.4 Å². The normalized spacial score (nSPS) is 16.0. The van der Waals surface area contributed by atoms with Crippen molar-refractivity contribution in [2.45, 2.75) is 0 Å². The van der Waals surface area contributed by atoms with Crippen LogP contribution in [0.25, 0.3) is 17.2 Å². The lowest BCUT2D eigenvalue weighted by Gasteiger charge is -2.07. The average Bonchev–Trinajstić information content (AvgIpc) is 2.84. The van der Waals surface area contributed by atoms with Gasteiger partial charge in [0.1, 0.15) is 0 Å². The van der Waals surface area contributed by atoms with Crippen LogP contribution in [0.15, 0.2) is 66.1 Å². The summed E-state index contributed by atoms with van der Waals surface area (Å²) >= 11 is 6.85. The maximum absolute atomic E-state index is 12.2. The van der Waals surface area contributed by atoms with E-state index in [4.69, 9.17) is 11.6 Å². The van der Waals surface area contributed by atoms with E-state index in [9.17, 15) is 9.59 Å². The molecule has 5 heteroatoms. The smallest absolute Gasteiger partial charge is 0.268 e. The van der Waals surface area contributed by atoms with Crippen LogP contribution in [0.3, 0.4) is 0 Å². The SMILES string of the molecule is C=CCN1C(=O)S/C(=C\c2ccc(-c3ccc(Cl)cc3)cc2)C1=O. The molecule has 0 saturated carbocycles. The highest BCUT2D eigenvalue weighted by atomic mass is 35.5. The zero-order chi connectivity index (χ0) is 17.1. The summed E-state index contributed by atoms with van der Waals surface area (Å²) in [6, 6.07) is 15.4. The Labute approximate surface area is 149 Å². The quantitative estimate of drug-likeness (QED) is 0.556. The predicted molar refractivity (Wildman–Crippen MR) is 99.8 cm³/mol. The van der Waals surface area contributed by atoms with Crippen molar-refractivity contribution in [1.82, 2.24) is 4.90 Å². The Morgan fingerprint density at radius 1 is 1.00 bits per heavy atom. The van der Waals surface area contributed by atoms with E-state index in [0.29, 0.717) is 9.93 Å². The second kappa shape index (κ2) is 7.07. The third-order valence-corrected chi connectivity index (χ3v) is 4.73. The van der Waals surface area contributed by atoms with E-state index in [1.807, 2.05) is 48.5 Å². The molecule has 1 heterocycles. The largest absolute Gasteiger partial charge is 0.293 e. The second-order valence-electron chi connectivity index (χ2n) is 5.21. The summed E-state index contributed by atoms with van der Waals surface area (Å²) in [6.45, 7) is 3.80. The molecule has 3 rings (SSSR count). The molecule has 0 bridgehead atoms. The molecule has 120 valence electrons. The van der Waals surface area contributed by atoms with Crippen molar-refractivity contribution in [1.29, 1.82) is 0 Å². The van der Waals surface area contributed by atoms with Crippen LogP contribution in [-0.2, 0) is 4.79 Å². The summed E-state index contributed by atoms with van der Waals surface area (Å²) in [7, 11) is 0. The lowest BCUT2D eigenvalue weighted by atomic mass is 10.0. The molecule has 0 atom stereocenters. The average molecular weight is 356 g/mol. The molecule has 0 N–H and O–H groups in total. The molecule has 1 aliphatic heterocycles. The van der Waals surface area contributed by atoms with E-state index in [1.165, 1.54) is 4.90 Å².